The third kappa shape index (κ3) is 3.28. The van der Waals surface area contributed by atoms with Crippen LogP contribution in [0.25, 0.3) is 0 Å². The summed E-state index contributed by atoms with van der Waals surface area (Å²) in [5.74, 6) is 0.0637. The van der Waals surface area contributed by atoms with E-state index in [-0.39, 0.29) is 5.91 Å². The number of benzene rings is 1. The van der Waals surface area contributed by atoms with Crippen molar-refractivity contribution in [2.75, 3.05) is 20.1 Å². The molecular weight excluding hydrogens is 351 g/mol. The van der Waals surface area contributed by atoms with Gasteiger partial charge < -0.3 is 10.2 Å². The monoisotopic (exact) mass is 372 g/mol. The molecule has 1 N–H and O–H groups in total. The van der Waals surface area contributed by atoms with Gasteiger partial charge in [0.15, 0.2) is 0 Å². The van der Waals surface area contributed by atoms with Crippen molar-refractivity contribution in [2.24, 2.45) is 0 Å². The molecule has 1 fully saturated rings. The average Bonchev–Trinajstić information content (AvgIpc) is 2.77. The second-order valence-corrected chi connectivity index (χ2v) is 6.51. The summed E-state index contributed by atoms with van der Waals surface area (Å²) in [5.41, 5.74) is 2.97. The van der Waals surface area contributed by atoms with E-state index >= 15 is 0 Å². The first-order chi connectivity index (χ1) is 9.00. The van der Waals surface area contributed by atoms with Crippen LogP contribution < -0.4 is 5.32 Å². The van der Waals surface area contributed by atoms with Gasteiger partial charge in [0.1, 0.15) is 0 Å². The predicted molar refractivity (Wildman–Crippen MR) is 86.6 cm³/mol. The molecule has 1 unspecified atom stereocenters. The van der Waals surface area contributed by atoms with Crippen molar-refractivity contribution in [3.63, 3.8) is 0 Å². The topological polar surface area (TPSA) is 32.3 Å². The molecule has 1 aliphatic rings. The van der Waals surface area contributed by atoms with Crippen molar-refractivity contribution in [3.05, 3.63) is 32.4 Å². The summed E-state index contributed by atoms with van der Waals surface area (Å²) in [6.07, 6.45) is 2.42. The molecule has 4 heteroatoms. The van der Waals surface area contributed by atoms with Gasteiger partial charge in [-0.25, -0.2) is 0 Å². The molecule has 0 saturated carbocycles. The molecule has 1 aromatic carbocycles. The van der Waals surface area contributed by atoms with Crippen molar-refractivity contribution >= 4 is 28.5 Å². The Morgan fingerprint density at radius 3 is 2.84 bits per heavy atom. The van der Waals surface area contributed by atoms with E-state index in [1.54, 1.807) is 0 Å². The van der Waals surface area contributed by atoms with Gasteiger partial charge in [0, 0.05) is 21.7 Å². The number of hydrogen-bond acceptors (Lipinski definition) is 2. The Morgan fingerprint density at radius 2 is 2.21 bits per heavy atom. The molecule has 19 heavy (non-hydrogen) atoms. The zero-order chi connectivity index (χ0) is 14.0. The van der Waals surface area contributed by atoms with Gasteiger partial charge in [0.05, 0.1) is 0 Å². The maximum absolute atomic E-state index is 12.4. The van der Waals surface area contributed by atoms with Crippen LogP contribution in [-0.4, -0.2) is 37.0 Å². The molecule has 0 aliphatic carbocycles. The Bertz CT molecular complexity index is 487. The number of aryl methyl sites for hydroxylation is 1. The summed E-state index contributed by atoms with van der Waals surface area (Å²) in [4.78, 5) is 14.7. The molecule has 0 radical (unpaired) electrons. The molecular formula is C15H21IN2O. The van der Waals surface area contributed by atoms with Gasteiger partial charge in [-0.3, -0.25) is 4.79 Å². The smallest absolute Gasteiger partial charge is 0.251 e. The summed E-state index contributed by atoms with van der Waals surface area (Å²) in [6.45, 7) is 5.91. The fourth-order valence-electron chi connectivity index (χ4n) is 2.71. The lowest BCUT2D eigenvalue weighted by Gasteiger charge is -2.20. The van der Waals surface area contributed by atoms with Crippen LogP contribution in [0.1, 0.15) is 34.3 Å². The fraction of sp³-hybridized carbons (Fsp3) is 0.533. The SMILES string of the molecule is Cc1ccc(I)c(C)c1C(=O)NCC1CCCN1C. The van der Waals surface area contributed by atoms with E-state index in [0.29, 0.717) is 6.04 Å². The third-order valence-corrected chi connectivity index (χ3v) is 5.17. The molecule has 0 aromatic heterocycles. The molecule has 0 spiro atoms. The molecule has 1 saturated heterocycles. The average molecular weight is 372 g/mol. The minimum absolute atomic E-state index is 0.0637. The van der Waals surface area contributed by atoms with E-state index < -0.39 is 0 Å². The molecule has 2 rings (SSSR count). The first-order valence-corrected chi connectivity index (χ1v) is 7.82. The zero-order valence-corrected chi connectivity index (χ0v) is 14.0. The van der Waals surface area contributed by atoms with Crippen molar-refractivity contribution in [1.82, 2.24) is 10.2 Å². The van der Waals surface area contributed by atoms with E-state index in [9.17, 15) is 4.79 Å². The Labute approximate surface area is 128 Å². The number of hydrogen-bond donors (Lipinski definition) is 1. The maximum Gasteiger partial charge on any atom is 0.251 e. The van der Waals surface area contributed by atoms with E-state index in [1.165, 1.54) is 12.8 Å². The normalized spacial score (nSPS) is 19.7. The fourth-order valence-corrected chi connectivity index (χ4v) is 3.16. The van der Waals surface area contributed by atoms with Gasteiger partial charge in [-0.1, -0.05) is 6.07 Å². The summed E-state index contributed by atoms with van der Waals surface area (Å²) >= 11 is 2.28. The van der Waals surface area contributed by atoms with Crippen LogP contribution in [0.4, 0.5) is 0 Å². The summed E-state index contributed by atoms with van der Waals surface area (Å²) < 4.78 is 1.14. The van der Waals surface area contributed by atoms with Crippen LogP contribution in [0.5, 0.6) is 0 Å². The highest BCUT2D eigenvalue weighted by Gasteiger charge is 2.22. The highest BCUT2D eigenvalue weighted by molar-refractivity contribution is 14.1. The Morgan fingerprint density at radius 1 is 1.47 bits per heavy atom. The Hall–Kier alpha value is -0.620. The number of carbonyl (C=O) groups is 1. The maximum atomic E-state index is 12.4. The van der Waals surface area contributed by atoms with Gasteiger partial charge in [-0.15, -0.1) is 0 Å². The quantitative estimate of drug-likeness (QED) is 0.828. The number of likely N-dealkylation sites (N-methyl/N-ethyl adjacent to an activating group) is 1. The largest absolute Gasteiger partial charge is 0.350 e. The van der Waals surface area contributed by atoms with Gasteiger partial charge in [-0.05, 0) is 80.1 Å². The highest BCUT2D eigenvalue weighted by Crippen LogP contribution is 2.20. The van der Waals surface area contributed by atoms with Crippen LogP contribution in [0.15, 0.2) is 12.1 Å². The van der Waals surface area contributed by atoms with Crippen molar-refractivity contribution in [2.45, 2.75) is 32.7 Å². The number of rotatable bonds is 3. The lowest BCUT2D eigenvalue weighted by atomic mass is 10.0. The minimum Gasteiger partial charge on any atom is -0.350 e. The number of likely N-dealkylation sites (tertiary alicyclic amines) is 1. The first-order valence-electron chi connectivity index (χ1n) is 6.75. The zero-order valence-electron chi connectivity index (χ0n) is 11.8. The van der Waals surface area contributed by atoms with Crippen molar-refractivity contribution in [3.8, 4) is 0 Å². The lowest BCUT2D eigenvalue weighted by Crippen LogP contribution is -2.38. The second-order valence-electron chi connectivity index (χ2n) is 5.35. The van der Waals surface area contributed by atoms with Gasteiger partial charge in [0.25, 0.3) is 5.91 Å². The summed E-state index contributed by atoms with van der Waals surface area (Å²) in [7, 11) is 2.13. The molecule has 0 bridgehead atoms. The molecule has 104 valence electrons. The van der Waals surface area contributed by atoms with Gasteiger partial charge >= 0.3 is 0 Å². The number of amides is 1. The Kier molecular flexibility index (Phi) is 4.84. The third-order valence-electron chi connectivity index (χ3n) is 4.00. The molecule has 1 atom stereocenters. The van der Waals surface area contributed by atoms with E-state index in [1.807, 2.05) is 19.9 Å². The Balaban J connectivity index is 2.06. The van der Waals surface area contributed by atoms with Crippen molar-refractivity contribution < 1.29 is 4.79 Å². The highest BCUT2D eigenvalue weighted by atomic mass is 127. The number of nitrogens with one attached hydrogen (secondary N) is 1. The number of nitrogens with zero attached hydrogens (tertiary/aromatic N) is 1. The number of halogens is 1. The number of carbonyl (C=O) groups excluding carboxylic acids is 1. The molecule has 1 amide bonds. The van der Waals surface area contributed by atoms with Crippen LogP contribution in [-0.2, 0) is 0 Å². The van der Waals surface area contributed by atoms with Crippen LogP contribution in [0, 0.1) is 17.4 Å². The van der Waals surface area contributed by atoms with E-state index in [4.69, 9.17) is 0 Å². The van der Waals surface area contributed by atoms with E-state index in [2.05, 4.69) is 45.9 Å². The second kappa shape index (κ2) is 6.22. The van der Waals surface area contributed by atoms with Crippen molar-refractivity contribution in [1.29, 1.82) is 0 Å². The van der Waals surface area contributed by atoms with Crippen LogP contribution in [0.3, 0.4) is 0 Å². The first kappa shape index (κ1) is 14.8. The minimum atomic E-state index is 0.0637. The van der Waals surface area contributed by atoms with Crippen LogP contribution in [0.2, 0.25) is 0 Å². The molecule has 1 heterocycles. The summed E-state index contributed by atoms with van der Waals surface area (Å²) in [5, 5.41) is 3.10. The van der Waals surface area contributed by atoms with Gasteiger partial charge in [0.2, 0.25) is 0 Å². The summed E-state index contributed by atoms with van der Waals surface area (Å²) in [6, 6.07) is 4.57. The lowest BCUT2D eigenvalue weighted by molar-refractivity contribution is 0.0942. The van der Waals surface area contributed by atoms with E-state index in [0.717, 1.165) is 33.4 Å². The molecule has 1 aliphatic heterocycles. The molecule has 3 nitrogen and oxygen atoms in total. The standard InChI is InChI=1S/C15H21IN2O/c1-10-6-7-13(16)11(2)14(10)15(19)17-9-12-5-4-8-18(12)3/h6-7,12H,4-5,8-9H2,1-3H3,(H,17,19). The predicted octanol–water partition coefficient (Wildman–Crippen LogP) is 2.73. The van der Waals surface area contributed by atoms with Crippen LogP contribution >= 0.6 is 22.6 Å². The molecule has 1 aromatic rings. The van der Waals surface area contributed by atoms with Gasteiger partial charge in [-0.2, -0.15) is 0 Å².